The number of para-hydroxylation sites is 1. The molecule has 1 atom stereocenters. The summed E-state index contributed by atoms with van der Waals surface area (Å²) in [6.07, 6.45) is 1.01. The van der Waals surface area contributed by atoms with E-state index in [0.717, 1.165) is 38.4 Å². The molecule has 1 aliphatic heterocycles. The van der Waals surface area contributed by atoms with E-state index < -0.39 is 0 Å². The normalized spacial score (nSPS) is 17.7. The molecule has 0 amide bonds. The van der Waals surface area contributed by atoms with Gasteiger partial charge in [-0.15, -0.1) is 5.10 Å². The van der Waals surface area contributed by atoms with E-state index in [1.54, 1.807) is 4.90 Å². The highest BCUT2D eigenvalue weighted by molar-refractivity contribution is 5.46. The summed E-state index contributed by atoms with van der Waals surface area (Å²) >= 11 is 0. The Morgan fingerprint density at radius 1 is 1.12 bits per heavy atom. The molecule has 1 N–H and O–H groups in total. The average molecular weight is 358 g/mol. The van der Waals surface area contributed by atoms with Crippen molar-refractivity contribution in [2.75, 3.05) is 31.1 Å². The maximum absolute atomic E-state index is 4.47. The Morgan fingerprint density at radius 3 is 2.35 bits per heavy atom. The van der Waals surface area contributed by atoms with E-state index in [1.165, 1.54) is 5.69 Å². The van der Waals surface area contributed by atoms with Crippen LogP contribution in [0.15, 0.2) is 30.3 Å². The topological polar surface area (TPSA) is 51.3 Å². The van der Waals surface area contributed by atoms with Crippen LogP contribution in [0.3, 0.4) is 0 Å². The summed E-state index contributed by atoms with van der Waals surface area (Å²) in [5.41, 5.74) is 1.27. The van der Waals surface area contributed by atoms with Crippen LogP contribution in [0.1, 0.15) is 52.9 Å². The molecule has 0 unspecified atom stereocenters. The highest BCUT2D eigenvalue weighted by Gasteiger charge is 2.37. The molecule has 0 aliphatic carbocycles. The molecule has 1 fully saturated rings. The molecule has 6 heteroatoms. The van der Waals surface area contributed by atoms with Gasteiger partial charge in [0.25, 0.3) is 0 Å². The lowest BCUT2D eigenvalue weighted by molar-refractivity contribution is -0.937. The number of quaternary nitrogens is 1. The summed E-state index contributed by atoms with van der Waals surface area (Å²) in [6, 6.07) is 11.0. The van der Waals surface area contributed by atoms with Gasteiger partial charge in [0, 0.05) is 11.6 Å². The third kappa shape index (κ3) is 3.75. The van der Waals surface area contributed by atoms with Crippen LogP contribution in [0.25, 0.3) is 0 Å². The zero-order chi connectivity index (χ0) is 18.7. The molecule has 0 spiro atoms. The SMILES string of the molecule is CCC(C)(C)n1nnnc1[C@H](C(C)C)[NH+]1CCN(c2ccccc2)CC1. The molecule has 0 radical (unpaired) electrons. The lowest BCUT2D eigenvalue weighted by Crippen LogP contribution is -3.15. The Bertz CT molecular complexity index is 685. The van der Waals surface area contributed by atoms with Crippen LogP contribution in [-0.2, 0) is 5.54 Å². The highest BCUT2D eigenvalue weighted by atomic mass is 15.6. The second-order valence-corrected chi connectivity index (χ2v) is 8.32. The zero-order valence-electron chi connectivity index (χ0n) is 16.8. The molecule has 0 saturated carbocycles. The first kappa shape index (κ1) is 18.8. The van der Waals surface area contributed by atoms with Crippen LogP contribution in [0, 0.1) is 5.92 Å². The quantitative estimate of drug-likeness (QED) is 0.858. The van der Waals surface area contributed by atoms with Gasteiger partial charge >= 0.3 is 0 Å². The number of tetrazole rings is 1. The lowest BCUT2D eigenvalue weighted by atomic mass is 9.97. The molecule has 2 aromatic rings. The van der Waals surface area contributed by atoms with Crippen LogP contribution in [0.4, 0.5) is 5.69 Å². The van der Waals surface area contributed by atoms with Crippen molar-refractivity contribution in [3.63, 3.8) is 0 Å². The molecule has 26 heavy (non-hydrogen) atoms. The van der Waals surface area contributed by atoms with Crippen LogP contribution in [0.2, 0.25) is 0 Å². The molecule has 2 heterocycles. The van der Waals surface area contributed by atoms with Gasteiger partial charge in [-0.25, -0.2) is 4.68 Å². The van der Waals surface area contributed by atoms with E-state index in [4.69, 9.17) is 0 Å². The molecule has 1 aromatic heterocycles. The highest BCUT2D eigenvalue weighted by Crippen LogP contribution is 2.24. The van der Waals surface area contributed by atoms with Crippen molar-refractivity contribution in [2.24, 2.45) is 5.92 Å². The molecule has 0 bridgehead atoms. The number of rotatable bonds is 6. The molecular formula is C20H33N6+. The number of aromatic nitrogens is 4. The summed E-state index contributed by atoms with van der Waals surface area (Å²) in [6.45, 7) is 15.6. The van der Waals surface area contributed by atoms with Crippen LogP contribution >= 0.6 is 0 Å². The predicted octanol–water partition coefficient (Wildman–Crippen LogP) is 1.92. The minimum absolute atomic E-state index is 0.0583. The lowest BCUT2D eigenvalue weighted by Gasteiger charge is -2.39. The third-order valence-corrected chi connectivity index (χ3v) is 5.84. The van der Waals surface area contributed by atoms with E-state index in [1.807, 2.05) is 0 Å². The maximum atomic E-state index is 4.47. The number of piperazine rings is 1. The fourth-order valence-electron chi connectivity index (χ4n) is 3.92. The van der Waals surface area contributed by atoms with Gasteiger partial charge in [0.05, 0.1) is 31.7 Å². The summed E-state index contributed by atoms with van der Waals surface area (Å²) in [5.74, 6) is 1.53. The Kier molecular flexibility index (Phi) is 5.61. The average Bonchev–Trinajstić information content (AvgIpc) is 3.13. The van der Waals surface area contributed by atoms with Gasteiger partial charge in [0.1, 0.15) is 0 Å². The first-order valence-corrected chi connectivity index (χ1v) is 9.87. The van der Waals surface area contributed by atoms with E-state index in [2.05, 4.69) is 90.1 Å². The predicted molar refractivity (Wildman–Crippen MR) is 104 cm³/mol. The Labute approximate surface area is 157 Å². The van der Waals surface area contributed by atoms with Gasteiger partial charge < -0.3 is 9.80 Å². The van der Waals surface area contributed by atoms with E-state index in [0.29, 0.717) is 12.0 Å². The van der Waals surface area contributed by atoms with Crippen LogP contribution in [0.5, 0.6) is 0 Å². The molecule has 3 rings (SSSR count). The van der Waals surface area contributed by atoms with Crippen molar-refractivity contribution in [2.45, 2.75) is 52.6 Å². The molecule has 142 valence electrons. The first-order valence-electron chi connectivity index (χ1n) is 9.87. The first-order chi connectivity index (χ1) is 12.4. The van der Waals surface area contributed by atoms with E-state index in [-0.39, 0.29) is 5.54 Å². The summed E-state index contributed by atoms with van der Waals surface area (Å²) in [7, 11) is 0. The molecule has 1 aliphatic rings. The van der Waals surface area contributed by atoms with Crippen molar-refractivity contribution < 1.29 is 4.90 Å². The molecule has 1 aromatic carbocycles. The van der Waals surface area contributed by atoms with Crippen molar-refractivity contribution >= 4 is 5.69 Å². The second-order valence-electron chi connectivity index (χ2n) is 8.32. The second kappa shape index (κ2) is 7.74. The number of hydrogen-bond acceptors (Lipinski definition) is 4. The number of hydrogen-bond donors (Lipinski definition) is 1. The number of anilines is 1. The molecule has 1 saturated heterocycles. The van der Waals surface area contributed by atoms with Gasteiger partial charge in [-0.2, -0.15) is 0 Å². The van der Waals surface area contributed by atoms with E-state index >= 15 is 0 Å². The minimum Gasteiger partial charge on any atom is -0.360 e. The fraction of sp³-hybridized carbons (Fsp3) is 0.650. The number of benzene rings is 1. The molecular weight excluding hydrogens is 324 g/mol. The smallest absolute Gasteiger partial charge is 0.210 e. The van der Waals surface area contributed by atoms with Crippen LogP contribution < -0.4 is 9.80 Å². The fourth-order valence-corrected chi connectivity index (χ4v) is 3.92. The zero-order valence-corrected chi connectivity index (χ0v) is 16.8. The number of nitrogens with one attached hydrogen (secondary N) is 1. The van der Waals surface area contributed by atoms with Crippen molar-refractivity contribution in [1.29, 1.82) is 0 Å². The van der Waals surface area contributed by atoms with Crippen molar-refractivity contribution in [3.05, 3.63) is 36.2 Å². The standard InChI is InChI=1S/C20H32N6/c1-6-20(4,5)26-19(21-22-23-26)18(16(2)3)25-14-12-24(13-15-25)17-10-8-7-9-11-17/h7-11,16,18H,6,12-15H2,1-5H3/p+1/t18-/m0/s1. The summed E-state index contributed by atoms with van der Waals surface area (Å²) in [4.78, 5) is 4.08. The van der Waals surface area contributed by atoms with Gasteiger partial charge in [-0.05, 0) is 42.8 Å². The summed E-state index contributed by atoms with van der Waals surface area (Å²) in [5, 5.41) is 12.9. The van der Waals surface area contributed by atoms with Crippen molar-refractivity contribution in [1.82, 2.24) is 20.2 Å². The van der Waals surface area contributed by atoms with Crippen LogP contribution in [-0.4, -0.2) is 46.4 Å². The van der Waals surface area contributed by atoms with Gasteiger partial charge in [-0.1, -0.05) is 39.0 Å². The Hall–Kier alpha value is -1.95. The van der Waals surface area contributed by atoms with Gasteiger partial charge in [-0.3, -0.25) is 0 Å². The van der Waals surface area contributed by atoms with Gasteiger partial charge in [0.15, 0.2) is 6.04 Å². The van der Waals surface area contributed by atoms with Gasteiger partial charge in [0.2, 0.25) is 5.82 Å². The van der Waals surface area contributed by atoms with Crippen molar-refractivity contribution in [3.8, 4) is 0 Å². The van der Waals surface area contributed by atoms with E-state index in [9.17, 15) is 0 Å². The third-order valence-electron chi connectivity index (χ3n) is 5.84. The monoisotopic (exact) mass is 357 g/mol. The minimum atomic E-state index is -0.0583. The summed E-state index contributed by atoms with van der Waals surface area (Å²) < 4.78 is 2.06. The largest absolute Gasteiger partial charge is 0.360 e. The molecule has 6 nitrogen and oxygen atoms in total. The maximum Gasteiger partial charge on any atom is 0.210 e. The number of nitrogens with zero attached hydrogens (tertiary/aromatic N) is 5. The Morgan fingerprint density at radius 2 is 1.77 bits per heavy atom. The Balaban J connectivity index is 1.78.